The lowest BCUT2D eigenvalue weighted by atomic mass is 10.2. The number of alkyl halides is 1. The summed E-state index contributed by atoms with van der Waals surface area (Å²) in [6, 6.07) is 6.28. The lowest BCUT2D eigenvalue weighted by Crippen LogP contribution is -1.92. The molecule has 0 saturated carbocycles. The number of hydrogen-bond donors (Lipinski definition) is 0. The predicted molar refractivity (Wildman–Crippen MR) is 59.3 cm³/mol. The van der Waals surface area contributed by atoms with Crippen LogP contribution in [0.2, 0.25) is 0 Å². The summed E-state index contributed by atoms with van der Waals surface area (Å²) in [5.41, 5.74) is 0.251. The summed E-state index contributed by atoms with van der Waals surface area (Å²) < 4.78 is 0. The van der Waals surface area contributed by atoms with Crippen molar-refractivity contribution in [2.24, 2.45) is 0 Å². The van der Waals surface area contributed by atoms with Gasteiger partial charge in [0.2, 0.25) is 0 Å². The first-order chi connectivity index (χ1) is 7.19. The van der Waals surface area contributed by atoms with Crippen molar-refractivity contribution in [3.8, 4) is 6.07 Å². The van der Waals surface area contributed by atoms with E-state index in [-0.39, 0.29) is 11.3 Å². The molecule has 0 radical (unpaired) electrons. The first kappa shape index (κ1) is 11.8. The van der Waals surface area contributed by atoms with Crippen molar-refractivity contribution in [3.05, 3.63) is 33.9 Å². The second-order valence-electron chi connectivity index (χ2n) is 2.59. The van der Waals surface area contributed by atoms with Gasteiger partial charge in [0.05, 0.1) is 21.5 Å². The second kappa shape index (κ2) is 5.59. The summed E-state index contributed by atoms with van der Waals surface area (Å²) in [6.45, 7) is 0. The molecule has 0 N–H and O–H groups in total. The summed E-state index contributed by atoms with van der Waals surface area (Å²) in [7, 11) is 0. The minimum absolute atomic E-state index is 0.0378. The third-order valence-electron chi connectivity index (χ3n) is 1.62. The molecule has 0 unspecified atom stereocenters. The van der Waals surface area contributed by atoms with E-state index >= 15 is 0 Å². The standard InChI is InChI=1S/C9H7ClN2O2S/c10-3-4-15-9-2-1-7(6-11)5-8(9)12(13)14/h1-2,5H,3-4H2. The molecule has 0 aliphatic heterocycles. The molecule has 6 heteroatoms. The van der Waals surface area contributed by atoms with E-state index in [0.717, 1.165) is 0 Å². The maximum atomic E-state index is 10.7. The third kappa shape index (κ3) is 3.11. The molecule has 0 aromatic heterocycles. The zero-order chi connectivity index (χ0) is 11.3. The summed E-state index contributed by atoms with van der Waals surface area (Å²) >= 11 is 6.81. The molecule has 4 nitrogen and oxygen atoms in total. The van der Waals surface area contributed by atoms with Crippen LogP contribution in [0.4, 0.5) is 5.69 Å². The highest BCUT2D eigenvalue weighted by atomic mass is 35.5. The number of nitriles is 1. The van der Waals surface area contributed by atoms with Crippen LogP contribution in [0.3, 0.4) is 0 Å². The van der Waals surface area contributed by atoms with Gasteiger partial charge in [0, 0.05) is 17.7 Å². The van der Waals surface area contributed by atoms with Gasteiger partial charge in [-0.25, -0.2) is 0 Å². The van der Waals surface area contributed by atoms with Crippen molar-refractivity contribution in [1.29, 1.82) is 5.26 Å². The van der Waals surface area contributed by atoms with Crippen LogP contribution in [0.25, 0.3) is 0 Å². The Morgan fingerprint density at radius 3 is 2.87 bits per heavy atom. The Morgan fingerprint density at radius 2 is 2.33 bits per heavy atom. The second-order valence-corrected chi connectivity index (χ2v) is 4.10. The van der Waals surface area contributed by atoms with Gasteiger partial charge in [0.1, 0.15) is 0 Å². The number of benzene rings is 1. The molecular weight excluding hydrogens is 236 g/mol. The highest BCUT2D eigenvalue weighted by Crippen LogP contribution is 2.29. The number of halogens is 1. The minimum atomic E-state index is -0.489. The monoisotopic (exact) mass is 242 g/mol. The Balaban J connectivity index is 3.05. The number of nitro groups is 1. The lowest BCUT2D eigenvalue weighted by Gasteiger charge is -2.01. The SMILES string of the molecule is N#Cc1ccc(SCCCl)c([N+](=O)[O-])c1. The number of thioether (sulfide) groups is 1. The first-order valence-electron chi connectivity index (χ1n) is 4.06. The van der Waals surface area contributed by atoms with E-state index in [1.54, 1.807) is 12.1 Å². The van der Waals surface area contributed by atoms with Crippen LogP contribution >= 0.6 is 23.4 Å². The van der Waals surface area contributed by atoms with Crippen LogP contribution in [-0.4, -0.2) is 16.6 Å². The molecule has 1 rings (SSSR count). The van der Waals surface area contributed by atoms with Crippen LogP contribution < -0.4 is 0 Å². The summed E-state index contributed by atoms with van der Waals surface area (Å²) in [6.07, 6.45) is 0. The maximum Gasteiger partial charge on any atom is 0.284 e. The van der Waals surface area contributed by atoms with Crippen LogP contribution in [0.5, 0.6) is 0 Å². The summed E-state index contributed by atoms with van der Waals surface area (Å²) in [5.74, 6) is 1.04. The Kier molecular flexibility index (Phi) is 4.40. The zero-order valence-electron chi connectivity index (χ0n) is 7.64. The van der Waals surface area contributed by atoms with Gasteiger partial charge < -0.3 is 0 Å². The van der Waals surface area contributed by atoms with Crippen LogP contribution in [0.15, 0.2) is 23.1 Å². The molecule has 1 aromatic rings. The average molecular weight is 243 g/mol. The highest BCUT2D eigenvalue weighted by molar-refractivity contribution is 7.99. The van der Waals surface area contributed by atoms with E-state index in [1.807, 2.05) is 6.07 Å². The van der Waals surface area contributed by atoms with Crippen molar-refractivity contribution in [1.82, 2.24) is 0 Å². The zero-order valence-corrected chi connectivity index (χ0v) is 9.22. The molecule has 0 saturated heterocycles. The first-order valence-corrected chi connectivity index (χ1v) is 5.58. The molecule has 0 aliphatic carbocycles. The predicted octanol–water partition coefficient (Wildman–Crippen LogP) is 2.80. The van der Waals surface area contributed by atoms with Gasteiger partial charge in [-0.3, -0.25) is 10.1 Å². The topological polar surface area (TPSA) is 66.9 Å². The fourth-order valence-corrected chi connectivity index (χ4v) is 1.97. The van der Waals surface area contributed by atoms with Gasteiger partial charge in [-0.15, -0.1) is 23.4 Å². The Labute approximate surface area is 96.0 Å². The maximum absolute atomic E-state index is 10.7. The van der Waals surface area contributed by atoms with Crippen LogP contribution in [0.1, 0.15) is 5.56 Å². The van der Waals surface area contributed by atoms with E-state index in [0.29, 0.717) is 16.5 Å². The van der Waals surface area contributed by atoms with Gasteiger partial charge in [-0.2, -0.15) is 5.26 Å². The number of nitrogens with zero attached hydrogens (tertiary/aromatic N) is 2. The molecule has 0 aliphatic rings. The Bertz CT molecular complexity index is 417. The number of hydrogen-bond acceptors (Lipinski definition) is 4. The van der Waals surface area contributed by atoms with Gasteiger partial charge in [-0.05, 0) is 12.1 Å². The van der Waals surface area contributed by atoms with Crippen molar-refractivity contribution in [2.45, 2.75) is 4.90 Å². The molecule has 0 atom stereocenters. The van der Waals surface area contributed by atoms with Gasteiger partial charge >= 0.3 is 0 Å². The van der Waals surface area contributed by atoms with E-state index in [1.165, 1.54) is 17.8 Å². The number of rotatable bonds is 4. The molecular formula is C9H7ClN2O2S. The third-order valence-corrected chi connectivity index (χ3v) is 3.10. The van der Waals surface area contributed by atoms with Crippen molar-refractivity contribution in [2.75, 3.05) is 11.6 Å². The lowest BCUT2D eigenvalue weighted by molar-refractivity contribution is -0.387. The largest absolute Gasteiger partial charge is 0.284 e. The summed E-state index contributed by atoms with van der Waals surface area (Å²) in [4.78, 5) is 10.8. The van der Waals surface area contributed by atoms with Crippen molar-refractivity contribution >= 4 is 29.1 Å². The fourth-order valence-electron chi connectivity index (χ4n) is 1.00. The van der Waals surface area contributed by atoms with E-state index in [4.69, 9.17) is 16.9 Å². The number of nitro benzene ring substituents is 1. The minimum Gasteiger partial charge on any atom is -0.258 e. The fraction of sp³-hybridized carbons (Fsp3) is 0.222. The van der Waals surface area contributed by atoms with Gasteiger partial charge in [0.15, 0.2) is 0 Å². The average Bonchev–Trinajstić information content (AvgIpc) is 2.26. The smallest absolute Gasteiger partial charge is 0.258 e. The van der Waals surface area contributed by atoms with E-state index in [2.05, 4.69) is 0 Å². The molecule has 0 fully saturated rings. The van der Waals surface area contributed by atoms with Crippen LogP contribution in [-0.2, 0) is 0 Å². The molecule has 0 bridgehead atoms. The highest BCUT2D eigenvalue weighted by Gasteiger charge is 2.14. The Hall–Kier alpha value is -1.25. The van der Waals surface area contributed by atoms with Crippen LogP contribution in [0, 0.1) is 21.4 Å². The molecule has 1 aromatic carbocycles. The van der Waals surface area contributed by atoms with Gasteiger partial charge in [0.25, 0.3) is 5.69 Å². The van der Waals surface area contributed by atoms with E-state index < -0.39 is 4.92 Å². The molecule has 0 amide bonds. The van der Waals surface area contributed by atoms with Crippen molar-refractivity contribution < 1.29 is 4.92 Å². The molecule has 0 heterocycles. The quantitative estimate of drug-likeness (QED) is 0.352. The normalized spacial score (nSPS) is 9.60. The van der Waals surface area contributed by atoms with Gasteiger partial charge in [-0.1, -0.05) is 0 Å². The van der Waals surface area contributed by atoms with E-state index in [9.17, 15) is 10.1 Å². The van der Waals surface area contributed by atoms with Crippen molar-refractivity contribution in [3.63, 3.8) is 0 Å². The molecule has 0 spiro atoms. The Morgan fingerprint density at radius 1 is 1.60 bits per heavy atom. The molecule has 15 heavy (non-hydrogen) atoms. The summed E-state index contributed by atoms with van der Waals surface area (Å²) in [5, 5.41) is 19.3. The molecule has 78 valence electrons.